The highest BCUT2D eigenvalue weighted by Gasteiger charge is 2.13. The fraction of sp³-hybridized carbons (Fsp3) is 0.214. The lowest BCUT2D eigenvalue weighted by Gasteiger charge is -2.08. The van der Waals surface area contributed by atoms with E-state index in [0.29, 0.717) is 22.2 Å². The number of hydrogen-bond donors (Lipinski definition) is 1. The van der Waals surface area contributed by atoms with Crippen LogP contribution in [0.3, 0.4) is 0 Å². The molecule has 3 aromatic rings. The SMILES string of the molecule is CC(C)n1cnc2c(N)nc(-c3cccc(Cl)c3)nc21. The minimum atomic E-state index is 0.251. The number of nitrogens with zero attached hydrogens (tertiary/aromatic N) is 4. The quantitative estimate of drug-likeness (QED) is 0.785. The van der Waals surface area contributed by atoms with Crippen LogP contribution in [0.25, 0.3) is 22.6 Å². The van der Waals surface area contributed by atoms with Crippen LogP contribution < -0.4 is 5.73 Å². The highest BCUT2D eigenvalue weighted by Crippen LogP contribution is 2.25. The minimum Gasteiger partial charge on any atom is -0.382 e. The van der Waals surface area contributed by atoms with Crippen LogP contribution >= 0.6 is 11.6 Å². The van der Waals surface area contributed by atoms with Crippen LogP contribution in [0.1, 0.15) is 19.9 Å². The summed E-state index contributed by atoms with van der Waals surface area (Å²) >= 11 is 6.01. The second-order valence-corrected chi connectivity index (χ2v) is 5.30. The Morgan fingerprint density at radius 1 is 1.25 bits per heavy atom. The molecule has 0 saturated heterocycles. The standard InChI is InChI=1S/C14H14ClN5/c1-8(2)20-7-17-11-12(16)18-13(19-14(11)20)9-4-3-5-10(15)6-9/h3-8H,1-2H3,(H2,16,18,19). The number of anilines is 1. The van der Waals surface area contributed by atoms with Crippen LogP contribution in [0.2, 0.25) is 5.02 Å². The van der Waals surface area contributed by atoms with Gasteiger partial charge in [-0.2, -0.15) is 0 Å². The average Bonchev–Trinajstić information content (AvgIpc) is 2.83. The van der Waals surface area contributed by atoms with Crippen molar-refractivity contribution in [1.29, 1.82) is 0 Å². The van der Waals surface area contributed by atoms with Crippen LogP contribution in [0.15, 0.2) is 30.6 Å². The van der Waals surface area contributed by atoms with Gasteiger partial charge in [0, 0.05) is 16.6 Å². The third-order valence-electron chi connectivity index (χ3n) is 3.09. The summed E-state index contributed by atoms with van der Waals surface area (Å²) in [7, 11) is 0. The number of nitrogens with two attached hydrogens (primary N) is 1. The first-order valence-electron chi connectivity index (χ1n) is 6.32. The van der Waals surface area contributed by atoms with Gasteiger partial charge >= 0.3 is 0 Å². The van der Waals surface area contributed by atoms with E-state index in [9.17, 15) is 0 Å². The molecule has 5 nitrogen and oxygen atoms in total. The maximum absolute atomic E-state index is 6.01. The van der Waals surface area contributed by atoms with Gasteiger partial charge in [-0.15, -0.1) is 0 Å². The van der Waals surface area contributed by atoms with Crippen molar-refractivity contribution in [2.75, 3.05) is 5.73 Å². The molecular weight excluding hydrogens is 274 g/mol. The zero-order valence-electron chi connectivity index (χ0n) is 11.2. The van der Waals surface area contributed by atoms with Gasteiger partial charge in [-0.3, -0.25) is 0 Å². The summed E-state index contributed by atoms with van der Waals surface area (Å²) in [5, 5.41) is 0.641. The molecule has 0 spiro atoms. The third kappa shape index (κ3) is 2.10. The molecule has 20 heavy (non-hydrogen) atoms. The van der Waals surface area contributed by atoms with Crippen molar-refractivity contribution in [2.45, 2.75) is 19.9 Å². The molecule has 0 amide bonds. The van der Waals surface area contributed by atoms with Gasteiger partial charge in [0.15, 0.2) is 17.3 Å². The van der Waals surface area contributed by atoms with Crippen LogP contribution in [0, 0.1) is 0 Å². The van der Waals surface area contributed by atoms with Gasteiger partial charge < -0.3 is 10.3 Å². The molecule has 2 heterocycles. The first-order valence-corrected chi connectivity index (χ1v) is 6.70. The largest absolute Gasteiger partial charge is 0.382 e. The fourth-order valence-corrected chi connectivity index (χ4v) is 2.26. The molecule has 2 aromatic heterocycles. The lowest BCUT2D eigenvalue weighted by atomic mass is 10.2. The van der Waals surface area contributed by atoms with E-state index in [0.717, 1.165) is 11.2 Å². The van der Waals surface area contributed by atoms with E-state index in [1.807, 2.05) is 28.8 Å². The van der Waals surface area contributed by atoms with Gasteiger partial charge in [0.2, 0.25) is 0 Å². The number of fused-ring (bicyclic) bond motifs is 1. The van der Waals surface area contributed by atoms with E-state index in [2.05, 4.69) is 28.8 Å². The number of aromatic nitrogens is 4. The first-order chi connectivity index (χ1) is 9.56. The fourth-order valence-electron chi connectivity index (χ4n) is 2.07. The summed E-state index contributed by atoms with van der Waals surface area (Å²) < 4.78 is 1.97. The summed E-state index contributed by atoms with van der Waals surface area (Å²) in [6.07, 6.45) is 1.74. The Morgan fingerprint density at radius 3 is 2.75 bits per heavy atom. The molecule has 0 aliphatic rings. The van der Waals surface area contributed by atoms with Crippen molar-refractivity contribution >= 4 is 28.6 Å². The molecule has 0 aliphatic heterocycles. The van der Waals surface area contributed by atoms with Crippen LogP contribution in [-0.4, -0.2) is 19.5 Å². The second-order valence-electron chi connectivity index (χ2n) is 4.86. The Bertz CT molecular complexity index is 778. The van der Waals surface area contributed by atoms with Crippen LogP contribution in [0.4, 0.5) is 5.82 Å². The van der Waals surface area contributed by atoms with Gasteiger partial charge in [-0.05, 0) is 26.0 Å². The average molecular weight is 288 g/mol. The van der Waals surface area contributed by atoms with Crippen molar-refractivity contribution in [1.82, 2.24) is 19.5 Å². The molecule has 0 aliphatic carbocycles. The highest BCUT2D eigenvalue weighted by molar-refractivity contribution is 6.30. The maximum atomic E-state index is 6.01. The topological polar surface area (TPSA) is 69.6 Å². The number of benzene rings is 1. The van der Waals surface area contributed by atoms with E-state index in [1.54, 1.807) is 6.33 Å². The van der Waals surface area contributed by atoms with Crippen molar-refractivity contribution < 1.29 is 0 Å². The summed E-state index contributed by atoms with van der Waals surface area (Å²) in [5.41, 5.74) is 8.19. The van der Waals surface area contributed by atoms with Crippen LogP contribution in [0.5, 0.6) is 0 Å². The molecule has 0 bridgehead atoms. The maximum Gasteiger partial charge on any atom is 0.166 e. The number of hydrogen-bond acceptors (Lipinski definition) is 4. The van der Waals surface area contributed by atoms with Gasteiger partial charge in [0.1, 0.15) is 5.52 Å². The van der Waals surface area contributed by atoms with E-state index < -0.39 is 0 Å². The Kier molecular flexibility index (Phi) is 3.06. The van der Waals surface area contributed by atoms with Gasteiger partial charge in [0.25, 0.3) is 0 Å². The summed E-state index contributed by atoms with van der Waals surface area (Å²) in [4.78, 5) is 13.2. The Morgan fingerprint density at radius 2 is 2.05 bits per heavy atom. The van der Waals surface area contributed by atoms with Gasteiger partial charge in [-0.1, -0.05) is 23.7 Å². The lowest BCUT2D eigenvalue weighted by molar-refractivity contribution is 0.613. The van der Waals surface area contributed by atoms with Crippen molar-refractivity contribution in [3.63, 3.8) is 0 Å². The van der Waals surface area contributed by atoms with E-state index in [4.69, 9.17) is 17.3 Å². The zero-order valence-corrected chi connectivity index (χ0v) is 12.0. The summed E-state index contributed by atoms with van der Waals surface area (Å²) in [6, 6.07) is 7.65. The smallest absolute Gasteiger partial charge is 0.166 e. The molecule has 102 valence electrons. The number of halogens is 1. The Labute approximate surface area is 121 Å². The predicted molar refractivity (Wildman–Crippen MR) is 80.6 cm³/mol. The molecule has 6 heteroatoms. The number of imidazole rings is 1. The van der Waals surface area contributed by atoms with Crippen molar-refractivity contribution in [3.05, 3.63) is 35.6 Å². The predicted octanol–water partition coefficient (Wildman–Crippen LogP) is 3.31. The van der Waals surface area contributed by atoms with Gasteiger partial charge in [0.05, 0.1) is 6.33 Å². The third-order valence-corrected chi connectivity index (χ3v) is 3.32. The molecule has 0 fully saturated rings. The monoisotopic (exact) mass is 287 g/mol. The molecule has 0 unspecified atom stereocenters. The molecule has 1 aromatic carbocycles. The van der Waals surface area contributed by atoms with E-state index >= 15 is 0 Å². The molecule has 2 N–H and O–H groups in total. The first kappa shape index (κ1) is 12.9. The minimum absolute atomic E-state index is 0.251. The van der Waals surface area contributed by atoms with Gasteiger partial charge in [-0.25, -0.2) is 15.0 Å². The van der Waals surface area contributed by atoms with Crippen molar-refractivity contribution in [3.8, 4) is 11.4 Å². The Hall–Kier alpha value is -2.14. The van der Waals surface area contributed by atoms with E-state index in [-0.39, 0.29) is 6.04 Å². The van der Waals surface area contributed by atoms with E-state index in [1.165, 1.54) is 0 Å². The molecule has 0 saturated carbocycles. The normalized spacial score (nSPS) is 11.4. The molecule has 0 radical (unpaired) electrons. The number of rotatable bonds is 2. The lowest BCUT2D eigenvalue weighted by Crippen LogP contribution is -2.03. The van der Waals surface area contributed by atoms with Crippen LogP contribution in [-0.2, 0) is 0 Å². The zero-order chi connectivity index (χ0) is 14.3. The molecule has 3 rings (SSSR count). The second kappa shape index (κ2) is 4.76. The summed E-state index contributed by atoms with van der Waals surface area (Å²) in [6.45, 7) is 4.14. The number of nitrogen functional groups attached to an aromatic ring is 1. The molecule has 0 atom stereocenters. The van der Waals surface area contributed by atoms with Crippen molar-refractivity contribution in [2.24, 2.45) is 0 Å². The molecular formula is C14H14ClN5. The summed E-state index contributed by atoms with van der Waals surface area (Å²) in [5.74, 6) is 0.935. The highest BCUT2D eigenvalue weighted by atomic mass is 35.5. The Balaban J connectivity index is 2.25.